The summed E-state index contributed by atoms with van der Waals surface area (Å²) in [5, 5.41) is -0.378. The van der Waals surface area contributed by atoms with E-state index in [0.29, 0.717) is 26.2 Å². The molecule has 23 heavy (non-hydrogen) atoms. The number of hydrogen-bond donors (Lipinski definition) is 0. The molecule has 1 aromatic heterocycles. The molecule has 2 heterocycles. The zero-order valence-corrected chi connectivity index (χ0v) is 14.5. The topological polar surface area (TPSA) is 66.4 Å². The second-order valence-electron chi connectivity index (χ2n) is 6.10. The Hall–Kier alpha value is -1.73. The van der Waals surface area contributed by atoms with Crippen molar-refractivity contribution in [2.24, 2.45) is 0 Å². The Bertz CT molecular complexity index is 812. The van der Waals surface area contributed by atoms with Gasteiger partial charge in [-0.3, -0.25) is 0 Å². The predicted molar refractivity (Wildman–Crippen MR) is 92.1 cm³/mol. The van der Waals surface area contributed by atoms with Crippen molar-refractivity contribution < 1.29 is 8.42 Å². The molecule has 1 aromatic carbocycles. The number of sulfonamides is 1. The molecule has 7 heteroatoms. The van der Waals surface area contributed by atoms with Crippen LogP contribution in [0.25, 0.3) is 11.0 Å². The van der Waals surface area contributed by atoms with Crippen molar-refractivity contribution >= 4 is 26.9 Å². The molecule has 0 saturated carbocycles. The molecule has 6 nitrogen and oxygen atoms in total. The van der Waals surface area contributed by atoms with Crippen LogP contribution in [0.3, 0.4) is 0 Å². The minimum Gasteiger partial charge on any atom is -0.352 e. The summed E-state index contributed by atoms with van der Waals surface area (Å²) < 4.78 is 26.1. The van der Waals surface area contributed by atoms with Gasteiger partial charge in [0.2, 0.25) is 10.0 Å². The average molecular weight is 334 g/mol. The highest BCUT2D eigenvalue weighted by atomic mass is 32.2. The molecule has 2 aromatic rings. The average Bonchev–Trinajstić information content (AvgIpc) is 2.54. The van der Waals surface area contributed by atoms with Crippen molar-refractivity contribution in [2.45, 2.75) is 26.0 Å². The summed E-state index contributed by atoms with van der Waals surface area (Å²) in [7, 11) is -3.18. The van der Waals surface area contributed by atoms with Crippen LogP contribution >= 0.6 is 0 Å². The van der Waals surface area contributed by atoms with Gasteiger partial charge in [0.05, 0.1) is 22.0 Å². The monoisotopic (exact) mass is 334 g/mol. The highest BCUT2D eigenvalue weighted by molar-refractivity contribution is 7.89. The van der Waals surface area contributed by atoms with Crippen LogP contribution in [-0.2, 0) is 10.0 Å². The largest absolute Gasteiger partial charge is 0.352 e. The Morgan fingerprint density at radius 1 is 1.00 bits per heavy atom. The first-order chi connectivity index (χ1) is 10.9. The second kappa shape index (κ2) is 6.05. The molecular weight excluding hydrogens is 312 g/mol. The quantitative estimate of drug-likeness (QED) is 0.856. The van der Waals surface area contributed by atoms with Crippen LogP contribution in [-0.4, -0.2) is 54.1 Å². The fraction of sp³-hybridized carbons (Fsp3) is 0.500. The maximum Gasteiger partial charge on any atom is 0.216 e. The fourth-order valence-corrected chi connectivity index (χ4v) is 4.10. The first-order valence-electron chi connectivity index (χ1n) is 7.87. The van der Waals surface area contributed by atoms with Crippen molar-refractivity contribution in [2.75, 3.05) is 31.1 Å². The minimum atomic E-state index is -3.18. The van der Waals surface area contributed by atoms with E-state index < -0.39 is 10.0 Å². The van der Waals surface area contributed by atoms with Gasteiger partial charge in [0.15, 0.2) is 5.82 Å². The van der Waals surface area contributed by atoms with Gasteiger partial charge >= 0.3 is 0 Å². The molecule has 1 fully saturated rings. The van der Waals surface area contributed by atoms with Crippen molar-refractivity contribution in [1.82, 2.24) is 14.3 Å². The van der Waals surface area contributed by atoms with Crippen molar-refractivity contribution in [3.05, 3.63) is 30.0 Å². The number of piperazine rings is 1. The molecule has 124 valence electrons. The SMILES string of the molecule is Cc1nc2ccccc2nc1N1CCN(S(=O)(=O)C(C)C)CC1. The summed E-state index contributed by atoms with van der Waals surface area (Å²) in [4.78, 5) is 11.5. The zero-order valence-electron chi connectivity index (χ0n) is 13.7. The van der Waals surface area contributed by atoms with E-state index in [4.69, 9.17) is 4.98 Å². The van der Waals surface area contributed by atoms with Crippen molar-refractivity contribution in [3.63, 3.8) is 0 Å². The number of fused-ring (bicyclic) bond motifs is 1. The molecule has 1 aliphatic rings. The van der Waals surface area contributed by atoms with Crippen molar-refractivity contribution in [3.8, 4) is 0 Å². The van der Waals surface area contributed by atoms with Gasteiger partial charge in [0, 0.05) is 26.2 Å². The molecule has 0 spiro atoms. The van der Waals surface area contributed by atoms with E-state index in [1.807, 2.05) is 31.2 Å². The third-order valence-electron chi connectivity index (χ3n) is 4.21. The van der Waals surface area contributed by atoms with Crippen LogP contribution < -0.4 is 4.90 Å². The number of hydrogen-bond acceptors (Lipinski definition) is 5. The van der Waals surface area contributed by atoms with Crippen LogP contribution in [0.15, 0.2) is 24.3 Å². The molecular formula is C16H22N4O2S. The summed E-state index contributed by atoms with van der Waals surface area (Å²) in [6.07, 6.45) is 0. The second-order valence-corrected chi connectivity index (χ2v) is 8.59. The van der Waals surface area contributed by atoms with E-state index in [0.717, 1.165) is 22.5 Å². The molecule has 0 aliphatic carbocycles. The van der Waals surface area contributed by atoms with Gasteiger partial charge in [-0.05, 0) is 32.9 Å². The Kier molecular flexibility index (Phi) is 4.25. The number of rotatable bonds is 3. The van der Waals surface area contributed by atoms with Gasteiger partial charge in [-0.15, -0.1) is 0 Å². The Labute approximate surface area is 137 Å². The molecule has 3 rings (SSSR count). The maximum absolute atomic E-state index is 12.2. The molecule has 1 aliphatic heterocycles. The zero-order chi connectivity index (χ0) is 16.6. The van der Waals surface area contributed by atoms with E-state index in [9.17, 15) is 8.42 Å². The highest BCUT2D eigenvalue weighted by Gasteiger charge is 2.30. The summed E-state index contributed by atoms with van der Waals surface area (Å²) in [6.45, 7) is 7.66. The highest BCUT2D eigenvalue weighted by Crippen LogP contribution is 2.22. The van der Waals surface area contributed by atoms with E-state index in [-0.39, 0.29) is 5.25 Å². The summed E-state index contributed by atoms with van der Waals surface area (Å²) in [6, 6.07) is 7.80. The van der Waals surface area contributed by atoms with Crippen LogP contribution in [0.2, 0.25) is 0 Å². The summed E-state index contributed by atoms with van der Waals surface area (Å²) in [5.74, 6) is 0.852. The summed E-state index contributed by atoms with van der Waals surface area (Å²) in [5.41, 5.74) is 2.63. The van der Waals surface area contributed by atoms with Crippen molar-refractivity contribution in [1.29, 1.82) is 0 Å². The van der Waals surface area contributed by atoms with Crippen LogP contribution in [0.1, 0.15) is 19.5 Å². The van der Waals surface area contributed by atoms with Gasteiger partial charge in [-0.25, -0.2) is 18.4 Å². The van der Waals surface area contributed by atoms with Gasteiger partial charge in [-0.2, -0.15) is 4.31 Å². The Morgan fingerprint density at radius 3 is 2.13 bits per heavy atom. The Balaban J connectivity index is 1.82. The minimum absolute atomic E-state index is 0.378. The molecule has 0 N–H and O–H groups in total. The smallest absolute Gasteiger partial charge is 0.216 e. The standard InChI is InChI=1S/C16H22N4O2S/c1-12(2)23(21,22)20-10-8-19(9-11-20)16-13(3)17-14-6-4-5-7-15(14)18-16/h4-7,12H,8-11H2,1-3H3. The number of para-hydroxylation sites is 2. The van der Waals surface area contributed by atoms with Crippen LogP contribution in [0, 0.1) is 6.92 Å². The van der Waals surface area contributed by atoms with E-state index in [1.165, 1.54) is 0 Å². The molecule has 0 unspecified atom stereocenters. The lowest BCUT2D eigenvalue weighted by Crippen LogP contribution is -2.50. The lowest BCUT2D eigenvalue weighted by atomic mass is 10.2. The number of aryl methyl sites for hydroxylation is 1. The third-order valence-corrected chi connectivity index (χ3v) is 6.49. The normalized spacial score (nSPS) is 17.1. The summed E-state index contributed by atoms with van der Waals surface area (Å²) >= 11 is 0. The first-order valence-corrected chi connectivity index (χ1v) is 9.37. The van der Waals surface area contributed by atoms with Crippen LogP contribution in [0.5, 0.6) is 0 Å². The number of anilines is 1. The first kappa shape index (κ1) is 16.1. The Morgan fingerprint density at radius 2 is 1.57 bits per heavy atom. The lowest BCUT2D eigenvalue weighted by Gasteiger charge is -2.35. The molecule has 0 bridgehead atoms. The molecule has 0 amide bonds. The number of nitrogens with zero attached hydrogens (tertiary/aromatic N) is 4. The van der Waals surface area contributed by atoms with E-state index >= 15 is 0 Å². The number of aromatic nitrogens is 2. The van der Waals surface area contributed by atoms with Crippen LogP contribution in [0.4, 0.5) is 5.82 Å². The molecule has 0 radical (unpaired) electrons. The number of benzene rings is 1. The van der Waals surface area contributed by atoms with Gasteiger partial charge in [-0.1, -0.05) is 12.1 Å². The maximum atomic E-state index is 12.2. The predicted octanol–water partition coefficient (Wildman–Crippen LogP) is 1.80. The lowest BCUT2D eigenvalue weighted by molar-refractivity contribution is 0.380. The molecule has 1 saturated heterocycles. The third kappa shape index (κ3) is 3.03. The van der Waals surface area contributed by atoms with Gasteiger partial charge in [0.25, 0.3) is 0 Å². The van der Waals surface area contributed by atoms with Gasteiger partial charge < -0.3 is 4.90 Å². The van der Waals surface area contributed by atoms with Gasteiger partial charge in [0.1, 0.15) is 0 Å². The van der Waals surface area contributed by atoms with E-state index in [2.05, 4.69) is 9.88 Å². The molecule has 0 atom stereocenters. The fourth-order valence-electron chi connectivity index (χ4n) is 2.83. The van der Waals surface area contributed by atoms with E-state index in [1.54, 1.807) is 18.2 Å².